The number of carbonyl (C=O) groups is 2. The highest BCUT2D eigenvalue weighted by Gasteiger charge is 2.30. The van der Waals surface area contributed by atoms with Gasteiger partial charge in [0.1, 0.15) is 6.07 Å². The third kappa shape index (κ3) is 2.83. The average molecular weight is 259 g/mol. The molecule has 0 spiro atoms. The molecular formula is C13H13N3O3. The molecule has 98 valence electrons. The van der Waals surface area contributed by atoms with E-state index in [0.717, 1.165) is 0 Å². The number of urea groups is 1. The molecule has 0 radical (unpaired) electrons. The summed E-state index contributed by atoms with van der Waals surface area (Å²) >= 11 is 0. The summed E-state index contributed by atoms with van der Waals surface area (Å²) in [6.45, 7) is 0.618. The van der Waals surface area contributed by atoms with E-state index in [1.54, 1.807) is 24.3 Å². The van der Waals surface area contributed by atoms with Crippen molar-refractivity contribution in [1.82, 2.24) is 4.90 Å². The summed E-state index contributed by atoms with van der Waals surface area (Å²) in [7, 11) is 0. The third-order valence-electron chi connectivity index (χ3n) is 3.11. The Morgan fingerprint density at radius 2 is 2.16 bits per heavy atom. The van der Waals surface area contributed by atoms with Gasteiger partial charge >= 0.3 is 12.0 Å². The van der Waals surface area contributed by atoms with Crippen LogP contribution in [0.25, 0.3) is 0 Å². The van der Waals surface area contributed by atoms with Crippen molar-refractivity contribution >= 4 is 17.7 Å². The number of carbonyl (C=O) groups excluding carboxylic acids is 1. The van der Waals surface area contributed by atoms with Crippen LogP contribution in [0.1, 0.15) is 12.0 Å². The van der Waals surface area contributed by atoms with Crippen LogP contribution in [0.5, 0.6) is 0 Å². The number of benzene rings is 1. The lowest BCUT2D eigenvalue weighted by Gasteiger charge is -2.17. The van der Waals surface area contributed by atoms with Crippen LogP contribution in [0.4, 0.5) is 10.5 Å². The fourth-order valence-electron chi connectivity index (χ4n) is 2.03. The van der Waals surface area contributed by atoms with Crippen molar-refractivity contribution in [2.24, 2.45) is 5.92 Å². The largest absolute Gasteiger partial charge is 0.481 e. The van der Waals surface area contributed by atoms with Gasteiger partial charge in [0.2, 0.25) is 0 Å². The number of anilines is 1. The monoisotopic (exact) mass is 259 g/mol. The molecule has 2 N–H and O–H groups in total. The van der Waals surface area contributed by atoms with Crippen molar-refractivity contribution in [3.8, 4) is 6.07 Å². The van der Waals surface area contributed by atoms with Crippen LogP contribution in [0.15, 0.2) is 24.3 Å². The molecule has 0 bridgehead atoms. The SMILES string of the molecule is N#Cc1ccccc1NC(=O)N1CCC(C(=O)O)C1. The number of carboxylic acids is 1. The van der Waals surface area contributed by atoms with Gasteiger partial charge in [-0.3, -0.25) is 4.79 Å². The van der Waals surface area contributed by atoms with E-state index in [1.807, 2.05) is 6.07 Å². The van der Waals surface area contributed by atoms with Crippen LogP contribution < -0.4 is 5.32 Å². The summed E-state index contributed by atoms with van der Waals surface area (Å²) < 4.78 is 0. The van der Waals surface area contributed by atoms with Crippen LogP contribution >= 0.6 is 0 Å². The number of amides is 2. The van der Waals surface area contributed by atoms with Gasteiger partial charge in [-0.05, 0) is 18.6 Å². The first-order valence-corrected chi connectivity index (χ1v) is 5.89. The lowest BCUT2D eigenvalue weighted by atomic mass is 10.1. The molecule has 0 aliphatic carbocycles. The molecule has 1 atom stereocenters. The molecule has 1 fully saturated rings. The lowest BCUT2D eigenvalue weighted by molar-refractivity contribution is -0.141. The van der Waals surface area contributed by atoms with E-state index in [0.29, 0.717) is 24.2 Å². The minimum Gasteiger partial charge on any atom is -0.481 e. The number of aliphatic carboxylic acids is 1. The molecule has 6 nitrogen and oxygen atoms in total. The number of para-hydroxylation sites is 1. The normalized spacial score (nSPS) is 17.8. The van der Waals surface area contributed by atoms with E-state index in [2.05, 4.69) is 5.32 Å². The van der Waals surface area contributed by atoms with Gasteiger partial charge in [-0.25, -0.2) is 4.79 Å². The summed E-state index contributed by atoms with van der Waals surface area (Å²) in [5.41, 5.74) is 0.818. The van der Waals surface area contributed by atoms with Gasteiger partial charge in [0.15, 0.2) is 0 Å². The molecule has 1 saturated heterocycles. The second-order valence-electron chi connectivity index (χ2n) is 4.36. The van der Waals surface area contributed by atoms with Crippen molar-refractivity contribution in [3.63, 3.8) is 0 Å². The molecule has 1 aromatic rings. The Balaban J connectivity index is 2.03. The maximum Gasteiger partial charge on any atom is 0.321 e. The number of rotatable bonds is 2. The van der Waals surface area contributed by atoms with E-state index in [-0.39, 0.29) is 12.6 Å². The van der Waals surface area contributed by atoms with Crippen LogP contribution in [0.2, 0.25) is 0 Å². The molecular weight excluding hydrogens is 246 g/mol. The van der Waals surface area contributed by atoms with Crippen LogP contribution in [-0.2, 0) is 4.79 Å². The molecule has 2 amide bonds. The molecule has 2 rings (SSSR count). The molecule has 0 saturated carbocycles. The molecule has 6 heteroatoms. The van der Waals surface area contributed by atoms with E-state index in [1.165, 1.54) is 4.90 Å². The van der Waals surface area contributed by atoms with Gasteiger partial charge < -0.3 is 15.3 Å². The maximum absolute atomic E-state index is 12.0. The lowest BCUT2D eigenvalue weighted by Crippen LogP contribution is -2.34. The minimum atomic E-state index is -0.882. The Labute approximate surface area is 110 Å². The Morgan fingerprint density at radius 1 is 1.42 bits per heavy atom. The standard InChI is InChI=1S/C13H13N3O3/c14-7-9-3-1-2-4-11(9)15-13(19)16-6-5-10(8-16)12(17)18/h1-4,10H,5-6,8H2,(H,15,19)(H,17,18). The van der Waals surface area contributed by atoms with Crippen LogP contribution in [0, 0.1) is 17.2 Å². The predicted octanol–water partition coefficient (Wildman–Crippen LogP) is 1.50. The quantitative estimate of drug-likeness (QED) is 0.841. The number of nitriles is 1. The smallest absolute Gasteiger partial charge is 0.321 e. The zero-order valence-electron chi connectivity index (χ0n) is 10.2. The summed E-state index contributed by atoms with van der Waals surface area (Å²) in [5, 5.41) is 20.4. The van der Waals surface area contributed by atoms with Crippen molar-refractivity contribution in [3.05, 3.63) is 29.8 Å². The highest BCUT2D eigenvalue weighted by Crippen LogP contribution is 2.19. The van der Waals surface area contributed by atoms with Crippen LogP contribution in [-0.4, -0.2) is 35.1 Å². The summed E-state index contributed by atoms with van der Waals surface area (Å²) in [5.74, 6) is -1.38. The number of nitrogens with zero attached hydrogens (tertiary/aromatic N) is 2. The first-order chi connectivity index (χ1) is 9.11. The first kappa shape index (κ1) is 12.9. The topological polar surface area (TPSA) is 93.4 Å². The number of nitrogens with one attached hydrogen (secondary N) is 1. The van der Waals surface area contributed by atoms with Gasteiger partial charge in [0.05, 0.1) is 17.2 Å². The number of hydrogen-bond donors (Lipinski definition) is 2. The Hall–Kier alpha value is -2.55. The summed E-state index contributed by atoms with van der Waals surface area (Å²) in [6.07, 6.45) is 0.461. The molecule has 19 heavy (non-hydrogen) atoms. The molecule has 1 aliphatic rings. The molecule has 1 aliphatic heterocycles. The number of likely N-dealkylation sites (tertiary alicyclic amines) is 1. The molecule has 1 aromatic carbocycles. The first-order valence-electron chi connectivity index (χ1n) is 5.89. The number of hydrogen-bond acceptors (Lipinski definition) is 3. The van der Waals surface area contributed by atoms with Crippen molar-refractivity contribution in [2.75, 3.05) is 18.4 Å². The highest BCUT2D eigenvalue weighted by atomic mass is 16.4. The second kappa shape index (κ2) is 5.40. The Kier molecular flexibility index (Phi) is 3.66. The zero-order valence-corrected chi connectivity index (χ0v) is 10.2. The van der Waals surface area contributed by atoms with Crippen LogP contribution in [0.3, 0.4) is 0 Å². The number of carboxylic acid groups (broad SMARTS) is 1. The van der Waals surface area contributed by atoms with Gasteiger partial charge in [0, 0.05) is 13.1 Å². The summed E-state index contributed by atoms with van der Waals surface area (Å²) in [6, 6.07) is 8.31. The predicted molar refractivity (Wildman–Crippen MR) is 67.5 cm³/mol. The highest BCUT2D eigenvalue weighted by molar-refractivity contribution is 5.91. The fraction of sp³-hybridized carbons (Fsp3) is 0.308. The van der Waals surface area contributed by atoms with E-state index < -0.39 is 11.9 Å². The van der Waals surface area contributed by atoms with Gasteiger partial charge in [-0.15, -0.1) is 0 Å². The fourth-order valence-corrected chi connectivity index (χ4v) is 2.03. The van der Waals surface area contributed by atoms with Crippen molar-refractivity contribution in [2.45, 2.75) is 6.42 Å². The Bertz CT molecular complexity index is 550. The molecule has 1 unspecified atom stereocenters. The van der Waals surface area contributed by atoms with Crippen molar-refractivity contribution in [1.29, 1.82) is 5.26 Å². The van der Waals surface area contributed by atoms with Gasteiger partial charge in [0.25, 0.3) is 0 Å². The molecule has 1 heterocycles. The maximum atomic E-state index is 12.0. The Morgan fingerprint density at radius 3 is 2.79 bits per heavy atom. The second-order valence-corrected chi connectivity index (χ2v) is 4.36. The van der Waals surface area contributed by atoms with E-state index >= 15 is 0 Å². The zero-order chi connectivity index (χ0) is 13.8. The average Bonchev–Trinajstić information content (AvgIpc) is 2.89. The minimum absolute atomic E-state index is 0.204. The third-order valence-corrected chi connectivity index (χ3v) is 3.11. The molecule has 0 aromatic heterocycles. The van der Waals surface area contributed by atoms with Crippen molar-refractivity contribution < 1.29 is 14.7 Å². The van der Waals surface area contributed by atoms with Gasteiger partial charge in [-0.1, -0.05) is 12.1 Å². The van der Waals surface area contributed by atoms with E-state index in [9.17, 15) is 9.59 Å². The summed E-state index contributed by atoms with van der Waals surface area (Å²) in [4.78, 5) is 24.2. The van der Waals surface area contributed by atoms with E-state index in [4.69, 9.17) is 10.4 Å². The van der Waals surface area contributed by atoms with Gasteiger partial charge in [-0.2, -0.15) is 5.26 Å².